The summed E-state index contributed by atoms with van der Waals surface area (Å²) in [6.45, 7) is 6.12. The van der Waals surface area contributed by atoms with Crippen LogP contribution in [0.3, 0.4) is 0 Å². The van der Waals surface area contributed by atoms with Crippen molar-refractivity contribution in [3.63, 3.8) is 0 Å². The second-order valence-corrected chi connectivity index (χ2v) is 10.4. The molecule has 3 heterocycles. The number of hydrogen-bond donors (Lipinski definition) is 3. The highest BCUT2D eigenvalue weighted by Crippen LogP contribution is 2.51. The van der Waals surface area contributed by atoms with Gasteiger partial charge in [0.15, 0.2) is 0 Å². The molecule has 0 spiro atoms. The predicted octanol–water partition coefficient (Wildman–Crippen LogP) is 4.80. The van der Waals surface area contributed by atoms with Crippen molar-refractivity contribution < 1.29 is 13.5 Å². The van der Waals surface area contributed by atoms with Crippen molar-refractivity contribution >= 4 is 10.6 Å². The minimum absolute atomic E-state index is 0.266. The molecule has 172 valence electrons. The highest BCUT2D eigenvalue weighted by atomic mass is 32.3. The molecule has 0 radical (unpaired) electrons. The fraction of sp³-hybridized carbons (Fsp3) is 0.261. The molecule has 3 N–H and O–H groups in total. The number of aromatic nitrogens is 5. The summed E-state index contributed by atoms with van der Waals surface area (Å²) >= 11 is 0. The Hall–Kier alpha value is -3.18. The van der Waals surface area contributed by atoms with E-state index >= 15 is 0 Å². The lowest BCUT2D eigenvalue weighted by Crippen LogP contribution is -2.10. The van der Waals surface area contributed by atoms with E-state index < -0.39 is 10.6 Å². The number of aryl methyl sites for hydroxylation is 1. The van der Waals surface area contributed by atoms with Gasteiger partial charge >= 0.3 is 0 Å². The summed E-state index contributed by atoms with van der Waals surface area (Å²) in [6, 6.07) is 11.2. The van der Waals surface area contributed by atoms with Crippen LogP contribution in [0.5, 0.6) is 0 Å². The Morgan fingerprint density at radius 1 is 0.939 bits per heavy atom. The largest absolute Gasteiger partial charge is 0.415 e. The maximum Gasteiger partial charge on any atom is 0.268 e. The molecule has 33 heavy (non-hydrogen) atoms. The average molecular weight is 467 g/mol. The summed E-state index contributed by atoms with van der Waals surface area (Å²) < 4.78 is 26.6. The van der Waals surface area contributed by atoms with E-state index in [1.54, 1.807) is 32.2 Å². The first-order chi connectivity index (χ1) is 15.8. The molecule has 0 amide bonds. The van der Waals surface area contributed by atoms with Crippen molar-refractivity contribution in [2.45, 2.75) is 37.5 Å². The monoisotopic (exact) mass is 466 g/mol. The third-order valence-electron chi connectivity index (χ3n) is 5.17. The van der Waals surface area contributed by atoms with Gasteiger partial charge in [-0.05, 0) is 57.6 Å². The van der Waals surface area contributed by atoms with Gasteiger partial charge in [-0.1, -0.05) is 12.1 Å². The molecule has 0 unspecified atom stereocenters. The zero-order valence-electron chi connectivity index (χ0n) is 18.9. The topological polar surface area (TPSA) is 130 Å². The number of nitrogens with one attached hydrogen (secondary N) is 1. The van der Waals surface area contributed by atoms with Gasteiger partial charge in [0.25, 0.3) is 5.89 Å². The third-order valence-corrected chi connectivity index (χ3v) is 7.42. The van der Waals surface area contributed by atoms with Crippen LogP contribution >= 0.6 is 10.6 Å². The van der Waals surface area contributed by atoms with Gasteiger partial charge in [0.1, 0.15) is 11.4 Å². The Balaban J connectivity index is 1.62. The van der Waals surface area contributed by atoms with E-state index in [2.05, 4.69) is 30.5 Å². The Morgan fingerprint density at radius 3 is 2.30 bits per heavy atom. The molecule has 0 bridgehead atoms. The summed E-state index contributed by atoms with van der Waals surface area (Å²) in [5, 5.41) is 11.1. The van der Waals surface area contributed by atoms with Crippen LogP contribution in [0.15, 0.2) is 58.1 Å². The van der Waals surface area contributed by atoms with Crippen molar-refractivity contribution in [3.8, 4) is 34.4 Å². The molecule has 3 aromatic heterocycles. The van der Waals surface area contributed by atoms with Gasteiger partial charge in [-0.25, -0.2) is 4.98 Å². The highest BCUT2D eigenvalue weighted by molar-refractivity contribution is 8.24. The maximum absolute atomic E-state index is 10.3. The first-order valence-corrected chi connectivity index (χ1v) is 12.1. The van der Waals surface area contributed by atoms with Crippen molar-refractivity contribution in [1.29, 1.82) is 0 Å². The smallest absolute Gasteiger partial charge is 0.268 e. The molecule has 0 saturated heterocycles. The first kappa shape index (κ1) is 23.0. The highest BCUT2D eigenvalue weighted by Gasteiger charge is 2.21. The van der Waals surface area contributed by atoms with Crippen molar-refractivity contribution in [3.05, 3.63) is 60.0 Å². The molecular weight excluding hydrogens is 440 g/mol. The molecule has 9 nitrogen and oxygen atoms in total. The van der Waals surface area contributed by atoms with E-state index in [9.17, 15) is 9.11 Å². The Bertz CT molecular complexity index is 1240. The minimum Gasteiger partial charge on any atom is -0.415 e. The van der Waals surface area contributed by atoms with Gasteiger partial charge in [-0.2, -0.15) is 10.6 Å². The minimum atomic E-state index is -2.90. The molecule has 10 heteroatoms. The van der Waals surface area contributed by atoms with Crippen LogP contribution in [0.25, 0.3) is 34.4 Å². The molecule has 0 aliphatic rings. The number of nitrogens with zero attached hydrogens (tertiary/aromatic N) is 5. The fourth-order valence-electron chi connectivity index (χ4n) is 3.16. The van der Waals surface area contributed by atoms with E-state index in [0.29, 0.717) is 33.6 Å². The quantitative estimate of drug-likeness (QED) is 0.351. The Kier molecular flexibility index (Phi) is 6.52. The normalized spacial score (nSPS) is 12.3. The van der Waals surface area contributed by atoms with Crippen LogP contribution in [0.2, 0.25) is 0 Å². The van der Waals surface area contributed by atoms with Crippen LogP contribution in [-0.2, 0) is 6.54 Å². The van der Waals surface area contributed by atoms with Crippen LogP contribution in [0.1, 0.15) is 25.1 Å². The zero-order chi connectivity index (χ0) is 23.6. The molecule has 0 atom stereocenters. The van der Waals surface area contributed by atoms with Crippen LogP contribution in [0.4, 0.5) is 0 Å². The number of benzene rings is 1. The lowest BCUT2D eigenvalue weighted by molar-refractivity contribution is 0.476. The van der Waals surface area contributed by atoms with Gasteiger partial charge in [0.2, 0.25) is 5.89 Å². The van der Waals surface area contributed by atoms with E-state index in [-0.39, 0.29) is 11.1 Å². The Morgan fingerprint density at radius 2 is 1.67 bits per heavy atom. The number of pyridine rings is 1. The molecule has 0 aliphatic heterocycles. The van der Waals surface area contributed by atoms with Crippen LogP contribution in [0, 0.1) is 6.92 Å². The van der Waals surface area contributed by atoms with Crippen molar-refractivity contribution in [2.75, 3.05) is 7.05 Å². The molecule has 0 aliphatic carbocycles. The van der Waals surface area contributed by atoms with Gasteiger partial charge in [0.05, 0.1) is 28.7 Å². The van der Waals surface area contributed by atoms with Gasteiger partial charge in [0, 0.05) is 17.4 Å². The lowest BCUT2D eigenvalue weighted by Gasteiger charge is -2.36. The molecule has 4 aromatic rings. The summed E-state index contributed by atoms with van der Waals surface area (Å²) in [7, 11) is -0.997. The summed E-state index contributed by atoms with van der Waals surface area (Å²) in [4.78, 5) is 13.8. The van der Waals surface area contributed by atoms with E-state index in [1.807, 2.05) is 38.2 Å². The zero-order valence-corrected chi connectivity index (χ0v) is 19.7. The van der Waals surface area contributed by atoms with Crippen LogP contribution < -0.4 is 5.32 Å². The average Bonchev–Trinajstić information content (AvgIpc) is 3.30. The fourth-order valence-corrected chi connectivity index (χ4v) is 4.18. The van der Waals surface area contributed by atoms with Gasteiger partial charge in [-0.15, -0.1) is 10.2 Å². The standard InChI is InChI=1S/C23H26N6O3S/c1-14(2)33(30,31)18-9-10-19(26-12-18)20-13-25-15(3)21(27-20)23-29-28-22(32-23)17-7-5-16(6-8-17)11-24-4/h5-10,12-14,24,30-31H,11H2,1-4H3. The molecule has 0 fully saturated rings. The predicted molar refractivity (Wildman–Crippen MR) is 128 cm³/mol. The SMILES string of the molecule is CNCc1ccc(-c2nnc(-c3nc(-c4ccc(S(O)(O)C(C)C)cn4)cnc3C)o2)cc1. The molecule has 4 rings (SSSR count). The van der Waals surface area contributed by atoms with Gasteiger partial charge < -0.3 is 9.73 Å². The second-order valence-electron chi connectivity index (χ2n) is 7.85. The summed E-state index contributed by atoms with van der Waals surface area (Å²) in [5.41, 5.74) is 4.14. The van der Waals surface area contributed by atoms with Gasteiger partial charge in [-0.3, -0.25) is 19.1 Å². The first-order valence-electron chi connectivity index (χ1n) is 10.4. The Labute approximate surface area is 193 Å². The van der Waals surface area contributed by atoms with E-state index in [0.717, 1.165) is 17.7 Å². The molecular formula is C23H26N6O3S. The summed E-state index contributed by atoms with van der Waals surface area (Å²) in [5.74, 6) is 0.663. The van der Waals surface area contributed by atoms with E-state index in [1.165, 1.54) is 6.20 Å². The van der Waals surface area contributed by atoms with Crippen LogP contribution in [-0.4, -0.2) is 46.6 Å². The van der Waals surface area contributed by atoms with Crippen molar-refractivity contribution in [2.24, 2.45) is 0 Å². The number of rotatable bonds is 7. The number of hydrogen-bond acceptors (Lipinski definition) is 9. The third kappa shape index (κ3) is 4.79. The van der Waals surface area contributed by atoms with Crippen molar-refractivity contribution in [1.82, 2.24) is 30.5 Å². The van der Waals surface area contributed by atoms with E-state index in [4.69, 9.17) is 4.42 Å². The maximum atomic E-state index is 10.3. The molecule has 0 saturated carbocycles. The summed E-state index contributed by atoms with van der Waals surface area (Å²) in [6.07, 6.45) is 3.08. The second kappa shape index (κ2) is 9.36. The molecule has 1 aromatic carbocycles. The lowest BCUT2D eigenvalue weighted by atomic mass is 10.1.